The first-order chi connectivity index (χ1) is 10.3. The van der Waals surface area contributed by atoms with Crippen LogP contribution in [0.15, 0.2) is 12.2 Å². The van der Waals surface area contributed by atoms with Crippen LogP contribution in [0, 0.1) is 0 Å². The van der Waals surface area contributed by atoms with Gasteiger partial charge in [-0.25, -0.2) is 0 Å². The minimum Gasteiger partial charge on any atom is -0.304 e. The van der Waals surface area contributed by atoms with Gasteiger partial charge in [0.15, 0.2) is 0 Å². The van der Waals surface area contributed by atoms with E-state index in [1.165, 1.54) is 96.7 Å². The lowest BCUT2D eigenvalue weighted by molar-refractivity contribution is 0.295. The maximum Gasteiger partial charge on any atom is -0.00190 e. The van der Waals surface area contributed by atoms with Gasteiger partial charge in [-0.15, -0.1) is 0 Å². The summed E-state index contributed by atoms with van der Waals surface area (Å²) < 4.78 is 0. The molecule has 21 heavy (non-hydrogen) atoms. The smallest absolute Gasteiger partial charge is 0.00190 e. The Kier molecular flexibility index (Phi) is 17.5. The number of hydrogen-bond acceptors (Lipinski definition) is 1. The van der Waals surface area contributed by atoms with Crippen LogP contribution < -0.4 is 0 Å². The molecule has 0 saturated carbocycles. The second kappa shape index (κ2) is 17.8. The first kappa shape index (κ1) is 20.7. The minimum absolute atomic E-state index is 1.21. The second-order valence-electron chi connectivity index (χ2n) is 6.27. The Morgan fingerprint density at radius 3 is 1.48 bits per heavy atom. The van der Waals surface area contributed by atoms with E-state index in [0.29, 0.717) is 0 Å². The van der Waals surface area contributed by atoms with E-state index in [1.807, 2.05) is 0 Å². The Hall–Kier alpha value is -0.300. The van der Waals surface area contributed by atoms with Crippen molar-refractivity contribution < 1.29 is 0 Å². The van der Waals surface area contributed by atoms with Crippen molar-refractivity contribution in [3.63, 3.8) is 0 Å². The Balaban J connectivity index is 3.05. The lowest BCUT2D eigenvalue weighted by Gasteiger charge is -2.17. The van der Waals surface area contributed by atoms with E-state index in [1.54, 1.807) is 0 Å². The van der Waals surface area contributed by atoms with Crippen molar-refractivity contribution in [2.75, 3.05) is 19.6 Å². The Morgan fingerprint density at radius 1 is 0.619 bits per heavy atom. The van der Waals surface area contributed by atoms with Crippen LogP contribution in [0.4, 0.5) is 0 Å². The molecule has 0 atom stereocenters. The van der Waals surface area contributed by atoms with Crippen LogP contribution in [0.2, 0.25) is 0 Å². The zero-order valence-electron chi connectivity index (χ0n) is 15.2. The highest BCUT2D eigenvalue weighted by molar-refractivity contribution is 4.76. The van der Waals surface area contributed by atoms with E-state index in [4.69, 9.17) is 0 Å². The predicted molar refractivity (Wildman–Crippen MR) is 98.0 cm³/mol. The topological polar surface area (TPSA) is 3.24 Å². The van der Waals surface area contributed by atoms with Gasteiger partial charge in [-0.05, 0) is 45.8 Å². The second-order valence-corrected chi connectivity index (χ2v) is 6.27. The Bertz CT molecular complexity index is 206. The van der Waals surface area contributed by atoms with Crippen LogP contribution in [-0.2, 0) is 0 Å². The molecule has 126 valence electrons. The van der Waals surface area contributed by atoms with E-state index < -0.39 is 0 Å². The van der Waals surface area contributed by atoms with Crippen LogP contribution in [0.5, 0.6) is 0 Å². The molecule has 0 radical (unpaired) electrons. The summed E-state index contributed by atoms with van der Waals surface area (Å²) in [5.41, 5.74) is 0. The van der Waals surface area contributed by atoms with Crippen molar-refractivity contribution in [2.45, 2.75) is 97.8 Å². The quantitative estimate of drug-likeness (QED) is 0.229. The molecule has 0 unspecified atom stereocenters. The van der Waals surface area contributed by atoms with Gasteiger partial charge in [0.25, 0.3) is 0 Å². The molecule has 1 heteroatoms. The monoisotopic (exact) mass is 295 g/mol. The van der Waals surface area contributed by atoms with Crippen LogP contribution >= 0.6 is 0 Å². The van der Waals surface area contributed by atoms with E-state index in [2.05, 4.69) is 37.8 Å². The van der Waals surface area contributed by atoms with Crippen LogP contribution in [0.1, 0.15) is 97.8 Å². The zero-order chi connectivity index (χ0) is 15.6. The van der Waals surface area contributed by atoms with Gasteiger partial charge >= 0.3 is 0 Å². The zero-order valence-corrected chi connectivity index (χ0v) is 15.2. The van der Waals surface area contributed by atoms with Gasteiger partial charge in [0.2, 0.25) is 0 Å². The lowest BCUT2D eigenvalue weighted by Crippen LogP contribution is -2.23. The molecule has 0 spiro atoms. The van der Waals surface area contributed by atoms with Crippen molar-refractivity contribution in [3.8, 4) is 0 Å². The highest BCUT2D eigenvalue weighted by Gasteiger charge is 1.98. The third-order valence-corrected chi connectivity index (χ3v) is 4.48. The molecule has 0 fully saturated rings. The third-order valence-electron chi connectivity index (χ3n) is 4.48. The summed E-state index contributed by atoms with van der Waals surface area (Å²) in [6, 6.07) is 0. The molecule has 0 aromatic rings. The van der Waals surface area contributed by atoms with Gasteiger partial charge in [-0.1, -0.05) is 83.8 Å². The largest absolute Gasteiger partial charge is 0.304 e. The Morgan fingerprint density at radius 2 is 1.05 bits per heavy atom. The van der Waals surface area contributed by atoms with Gasteiger partial charge < -0.3 is 4.90 Å². The summed E-state index contributed by atoms with van der Waals surface area (Å²) in [7, 11) is 0. The van der Waals surface area contributed by atoms with E-state index >= 15 is 0 Å². The van der Waals surface area contributed by atoms with E-state index in [9.17, 15) is 0 Å². The molecule has 0 aromatic carbocycles. The standard InChI is InChI=1S/C20H41N/c1-4-7-8-9-10-11-12-13-14-15-16-17-18-19-20-21(5-2)6-3/h4,7H,5-6,8-20H2,1-3H3/b7-4+. The third kappa shape index (κ3) is 15.9. The summed E-state index contributed by atoms with van der Waals surface area (Å²) in [5, 5.41) is 0. The molecule has 0 saturated heterocycles. The number of rotatable bonds is 16. The number of allylic oxidation sites excluding steroid dienone is 2. The van der Waals surface area contributed by atoms with Gasteiger partial charge in [-0.2, -0.15) is 0 Å². The molecule has 0 amide bonds. The van der Waals surface area contributed by atoms with Gasteiger partial charge in [0.1, 0.15) is 0 Å². The predicted octanol–water partition coefficient (Wildman–Crippen LogP) is 6.59. The summed E-state index contributed by atoms with van der Waals surface area (Å²) in [5.74, 6) is 0. The fourth-order valence-electron chi connectivity index (χ4n) is 2.90. The average molecular weight is 296 g/mol. The summed E-state index contributed by atoms with van der Waals surface area (Å²) in [4.78, 5) is 2.54. The Labute approximate surface area is 135 Å². The SMILES string of the molecule is C/C=C/CCCCCCCCCCCCCN(CC)CC. The molecule has 0 N–H and O–H groups in total. The lowest BCUT2D eigenvalue weighted by atomic mass is 10.0. The minimum atomic E-state index is 1.21. The first-order valence-corrected chi connectivity index (χ1v) is 9.68. The highest BCUT2D eigenvalue weighted by Crippen LogP contribution is 2.12. The van der Waals surface area contributed by atoms with Gasteiger partial charge in [0.05, 0.1) is 0 Å². The van der Waals surface area contributed by atoms with Crippen molar-refractivity contribution in [2.24, 2.45) is 0 Å². The molecule has 0 bridgehead atoms. The fourth-order valence-corrected chi connectivity index (χ4v) is 2.90. The first-order valence-electron chi connectivity index (χ1n) is 9.68. The average Bonchev–Trinajstić information content (AvgIpc) is 2.51. The summed E-state index contributed by atoms with van der Waals surface area (Å²) in [6.45, 7) is 10.4. The maximum atomic E-state index is 2.54. The molecule has 0 heterocycles. The van der Waals surface area contributed by atoms with Gasteiger partial charge in [-0.3, -0.25) is 0 Å². The molecule has 0 aliphatic heterocycles. The highest BCUT2D eigenvalue weighted by atomic mass is 15.1. The fraction of sp³-hybridized carbons (Fsp3) is 0.900. The molecule has 0 rings (SSSR count). The number of unbranched alkanes of at least 4 members (excludes halogenated alkanes) is 11. The number of hydrogen-bond donors (Lipinski definition) is 0. The maximum absolute atomic E-state index is 2.54. The van der Waals surface area contributed by atoms with Crippen molar-refractivity contribution >= 4 is 0 Å². The van der Waals surface area contributed by atoms with Crippen molar-refractivity contribution in [1.82, 2.24) is 4.90 Å². The van der Waals surface area contributed by atoms with Crippen LogP contribution in [0.25, 0.3) is 0 Å². The van der Waals surface area contributed by atoms with E-state index in [-0.39, 0.29) is 0 Å². The van der Waals surface area contributed by atoms with Crippen LogP contribution in [-0.4, -0.2) is 24.5 Å². The van der Waals surface area contributed by atoms with Crippen molar-refractivity contribution in [3.05, 3.63) is 12.2 Å². The van der Waals surface area contributed by atoms with E-state index in [0.717, 1.165) is 0 Å². The van der Waals surface area contributed by atoms with Gasteiger partial charge in [0, 0.05) is 0 Å². The molecular weight excluding hydrogens is 254 g/mol. The molecule has 1 nitrogen and oxygen atoms in total. The summed E-state index contributed by atoms with van der Waals surface area (Å²) >= 11 is 0. The molecular formula is C20H41N. The molecule has 0 aliphatic rings. The van der Waals surface area contributed by atoms with Crippen LogP contribution in [0.3, 0.4) is 0 Å². The summed E-state index contributed by atoms with van der Waals surface area (Å²) in [6.07, 6.45) is 21.6. The van der Waals surface area contributed by atoms with Crippen molar-refractivity contribution in [1.29, 1.82) is 0 Å². The normalized spacial score (nSPS) is 11.8. The number of nitrogens with zero attached hydrogens (tertiary/aromatic N) is 1. The molecule has 0 aromatic heterocycles. The molecule has 0 aliphatic carbocycles.